The Kier molecular flexibility index (Phi) is 5.74. The molecule has 6 nitrogen and oxygen atoms in total. The van der Waals surface area contributed by atoms with E-state index < -0.39 is 17.5 Å². The monoisotopic (exact) mass is 427 g/mol. The minimum absolute atomic E-state index is 0.0119. The normalized spacial score (nSPS) is 10.8. The number of rotatable bonds is 7. The summed E-state index contributed by atoms with van der Waals surface area (Å²) < 4.78 is 52.0. The summed E-state index contributed by atoms with van der Waals surface area (Å²) in [7, 11) is 0. The van der Waals surface area contributed by atoms with E-state index in [2.05, 4.69) is 10.4 Å². The van der Waals surface area contributed by atoms with Gasteiger partial charge in [-0.05, 0) is 42.0 Å². The molecule has 4 rings (SSSR count). The van der Waals surface area contributed by atoms with Crippen LogP contribution in [0.5, 0.6) is 5.75 Å². The molecular formula is C22H16F3N3O3. The minimum atomic E-state index is -0.835. The van der Waals surface area contributed by atoms with Gasteiger partial charge in [-0.3, -0.25) is 9.48 Å². The highest BCUT2D eigenvalue weighted by molar-refractivity contribution is 6.01. The third-order valence-electron chi connectivity index (χ3n) is 4.27. The zero-order valence-corrected chi connectivity index (χ0v) is 16.0. The summed E-state index contributed by atoms with van der Waals surface area (Å²) in [6, 6.07) is 13.7. The molecule has 2 aromatic carbocycles. The van der Waals surface area contributed by atoms with Crippen molar-refractivity contribution >= 4 is 11.7 Å². The fraction of sp³-hybridized carbons (Fsp3) is 0.0909. The maximum Gasteiger partial charge on any atom is 0.292 e. The van der Waals surface area contributed by atoms with Crippen molar-refractivity contribution in [2.24, 2.45) is 0 Å². The molecule has 0 radical (unpaired) electrons. The molecule has 0 spiro atoms. The van der Waals surface area contributed by atoms with E-state index in [1.165, 1.54) is 30.3 Å². The summed E-state index contributed by atoms with van der Waals surface area (Å²) in [5, 5.41) is 6.82. The average Bonchev–Trinajstić information content (AvgIpc) is 3.37. The first kappa shape index (κ1) is 20.3. The molecule has 31 heavy (non-hydrogen) atoms. The summed E-state index contributed by atoms with van der Waals surface area (Å²) in [4.78, 5) is 12.4. The van der Waals surface area contributed by atoms with Gasteiger partial charge in [0.1, 0.15) is 24.0 Å². The number of hydrogen-bond acceptors (Lipinski definition) is 4. The Hall–Kier alpha value is -4.01. The first-order valence-electron chi connectivity index (χ1n) is 9.22. The Balaban J connectivity index is 1.34. The van der Waals surface area contributed by atoms with E-state index in [0.29, 0.717) is 18.4 Å². The molecule has 0 saturated carbocycles. The number of anilines is 1. The van der Waals surface area contributed by atoms with Crippen LogP contribution < -0.4 is 10.1 Å². The van der Waals surface area contributed by atoms with Crippen LogP contribution in [-0.2, 0) is 13.2 Å². The number of carbonyl (C=O) groups excluding carboxylic acids is 1. The van der Waals surface area contributed by atoms with Gasteiger partial charge in [0.15, 0.2) is 23.1 Å². The lowest BCUT2D eigenvalue weighted by atomic mass is 10.2. The van der Waals surface area contributed by atoms with Gasteiger partial charge in [-0.15, -0.1) is 0 Å². The van der Waals surface area contributed by atoms with Crippen molar-refractivity contribution in [1.82, 2.24) is 9.78 Å². The smallest absolute Gasteiger partial charge is 0.292 e. The second-order valence-electron chi connectivity index (χ2n) is 6.61. The first-order chi connectivity index (χ1) is 15.0. The molecule has 0 atom stereocenters. The molecule has 2 aromatic heterocycles. The molecule has 9 heteroatoms. The lowest BCUT2D eigenvalue weighted by molar-refractivity contribution is 0.0992. The van der Waals surface area contributed by atoms with Crippen molar-refractivity contribution < 1.29 is 27.1 Å². The minimum Gasteiger partial charge on any atom is -0.483 e. The maximum absolute atomic E-state index is 13.6. The number of nitrogens with zero attached hydrogens (tertiary/aromatic N) is 2. The molecule has 0 bridgehead atoms. The van der Waals surface area contributed by atoms with Crippen LogP contribution in [-0.4, -0.2) is 15.7 Å². The van der Waals surface area contributed by atoms with Gasteiger partial charge in [0.25, 0.3) is 5.91 Å². The lowest BCUT2D eigenvalue weighted by Crippen LogP contribution is -2.12. The Bertz CT molecular complexity index is 1220. The molecule has 0 unspecified atom stereocenters. The number of aromatic nitrogens is 2. The van der Waals surface area contributed by atoms with Gasteiger partial charge in [0, 0.05) is 18.3 Å². The first-order valence-corrected chi connectivity index (χ1v) is 9.22. The zero-order chi connectivity index (χ0) is 21.8. The van der Waals surface area contributed by atoms with Crippen molar-refractivity contribution in [2.45, 2.75) is 13.2 Å². The van der Waals surface area contributed by atoms with Crippen LogP contribution in [0.4, 0.5) is 19.0 Å². The lowest BCUT2D eigenvalue weighted by Gasteiger charge is -2.05. The maximum atomic E-state index is 13.6. The van der Waals surface area contributed by atoms with E-state index in [1.807, 2.05) is 0 Å². The number of benzene rings is 2. The second-order valence-corrected chi connectivity index (χ2v) is 6.61. The average molecular weight is 427 g/mol. The van der Waals surface area contributed by atoms with E-state index in [4.69, 9.17) is 9.15 Å². The van der Waals surface area contributed by atoms with Gasteiger partial charge in [-0.25, -0.2) is 13.2 Å². The van der Waals surface area contributed by atoms with E-state index >= 15 is 0 Å². The highest BCUT2D eigenvalue weighted by Crippen LogP contribution is 2.20. The molecule has 0 aliphatic carbocycles. The number of ether oxygens (including phenoxy) is 1. The third kappa shape index (κ3) is 5.13. The summed E-state index contributed by atoms with van der Waals surface area (Å²) in [6.07, 6.45) is 1.65. The number of halogens is 3. The number of furan rings is 1. The zero-order valence-electron chi connectivity index (χ0n) is 16.0. The van der Waals surface area contributed by atoms with Crippen LogP contribution in [0.1, 0.15) is 21.9 Å². The van der Waals surface area contributed by atoms with Crippen molar-refractivity contribution in [3.05, 3.63) is 101 Å². The van der Waals surface area contributed by atoms with Crippen molar-refractivity contribution in [1.29, 1.82) is 0 Å². The van der Waals surface area contributed by atoms with Gasteiger partial charge >= 0.3 is 0 Å². The number of carbonyl (C=O) groups is 1. The second kappa shape index (κ2) is 8.78. The van der Waals surface area contributed by atoms with Gasteiger partial charge in [0.05, 0.1) is 6.54 Å². The number of hydrogen-bond donors (Lipinski definition) is 1. The number of amides is 1. The summed E-state index contributed by atoms with van der Waals surface area (Å²) >= 11 is 0. The Morgan fingerprint density at radius 3 is 2.68 bits per heavy atom. The molecule has 158 valence electrons. The van der Waals surface area contributed by atoms with Crippen LogP contribution in [0.15, 0.2) is 71.3 Å². The molecule has 1 N–H and O–H groups in total. The van der Waals surface area contributed by atoms with Crippen LogP contribution in [0.2, 0.25) is 0 Å². The Morgan fingerprint density at radius 2 is 1.87 bits per heavy atom. The van der Waals surface area contributed by atoms with Crippen LogP contribution >= 0.6 is 0 Å². The fourth-order valence-corrected chi connectivity index (χ4v) is 2.84. The van der Waals surface area contributed by atoms with Crippen LogP contribution in [0, 0.1) is 17.5 Å². The molecule has 0 fully saturated rings. The Morgan fingerprint density at radius 1 is 1.03 bits per heavy atom. The molecule has 1 amide bonds. The molecule has 0 aliphatic rings. The molecule has 4 aromatic rings. The highest BCUT2D eigenvalue weighted by atomic mass is 19.1. The Labute approximate surface area is 174 Å². The summed E-state index contributed by atoms with van der Waals surface area (Å²) in [5.74, 6) is -1.95. The van der Waals surface area contributed by atoms with Crippen molar-refractivity contribution in [3.8, 4) is 5.75 Å². The largest absolute Gasteiger partial charge is 0.483 e. The predicted molar refractivity (Wildman–Crippen MR) is 105 cm³/mol. The standard InChI is InChI=1S/C22H16F3N3O3/c23-15-3-1-2-14(10-15)12-28-9-8-21(27-28)26-22(29)20-7-5-17(31-20)13-30-19-6-4-16(24)11-18(19)25/h1-11H,12-13H2,(H,26,27,29). The third-order valence-corrected chi connectivity index (χ3v) is 4.27. The molecule has 0 saturated heterocycles. The number of nitrogens with one attached hydrogen (secondary N) is 1. The van der Waals surface area contributed by atoms with Gasteiger partial charge < -0.3 is 14.5 Å². The molecular weight excluding hydrogens is 411 g/mol. The van der Waals surface area contributed by atoms with E-state index in [-0.39, 0.29) is 29.7 Å². The van der Waals surface area contributed by atoms with E-state index in [0.717, 1.165) is 11.6 Å². The van der Waals surface area contributed by atoms with E-state index in [9.17, 15) is 18.0 Å². The quantitative estimate of drug-likeness (QED) is 0.461. The predicted octanol–water partition coefficient (Wildman–Crippen LogP) is 4.77. The van der Waals surface area contributed by atoms with Crippen LogP contribution in [0.25, 0.3) is 0 Å². The van der Waals surface area contributed by atoms with Gasteiger partial charge in [-0.1, -0.05) is 12.1 Å². The van der Waals surface area contributed by atoms with E-state index in [1.54, 1.807) is 29.1 Å². The van der Waals surface area contributed by atoms with Crippen molar-refractivity contribution in [2.75, 3.05) is 5.32 Å². The summed E-state index contributed by atoms with van der Waals surface area (Å²) in [5.41, 5.74) is 0.731. The van der Waals surface area contributed by atoms with Gasteiger partial charge in [0.2, 0.25) is 0 Å². The fourth-order valence-electron chi connectivity index (χ4n) is 2.84. The highest BCUT2D eigenvalue weighted by Gasteiger charge is 2.14. The van der Waals surface area contributed by atoms with Gasteiger partial charge in [-0.2, -0.15) is 5.10 Å². The van der Waals surface area contributed by atoms with Crippen molar-refractivity contribution in [3.63, 3.8) is 0 Å². The van der Waals surface area contributed by atoms with Crippen LogP contribution in [0.3, 0.4) is 0 Å². The molecule has 0 aliphatic heterocycles. The SMILES string of the molecule is O=C(Nc1ccn(Cc2cccc(F)c2)n1)c1ccc(COc2ccc(F)cc2F)o1. The molecule has 2 heterocycles. The topological polar surface area (TPSA) is 69.3 Å². The summed E-state index contributed by atoms with van der Waals surface area (Å²) in [6.45, 7) is 0.202.